The van der Waals surface area contributed by atoms with Gasteiger partial charge in [-0.3, -0.25) is 4.57 Å². The second-order valence-corrected chi connectivity index (χ2v) is 5.16. The monoisotopic (exact) mass is 202 g/mol. The highest BCUT2D eigenvalue weighted by Gasteiger charge is 2.28. The van der Waals surface area contributed by atoms with Crippen molar-refractivity contribution >= 4 is 7.60 Å². The van der Waals surface area contributed by atoms with Gasteiger partial charge in [-0.1, -0.05) is 12.2 Å². The predicted molar refractivity (Wildman–Crippen MR) is 52.7 cm³/mol. The van der Waals surface area contributed by atoms with Crippen molar-refractivity contribution in [3.63, 3.8) is 0 Å². The lowest BCUT2D eigenvalue weighted by atomic mass is 10.2. The number of rotatable bonds is 2. The van der Waals surface area contributed by atoms with Crippen LogP contribution in [0.2, 0.25) is 0 Å². The van der Waals surface area contributed by atoms with E-state index >= 15 is 0 Å². The zero-order chi connectivity index (χ0) is 9.90. The highest BCUT2D eigenvalue weighted by atomic mass is 31.2. The maximum atomic E-state index is 12.0. The lowest BCUT2D eigenvalue weighted by Crippen LogP contribution is -1.95. The summed E-state index contributed by atoms with van der Waals surface area (Å²) in [6, 6.07) is 0. The summed E-state index contributed by atoms with van der Waals surface area (Å²) in [6.07, 6.45) is 2.51. The molecule has 0 aromatic rings. The Hall–Kier alpha value is -0.370. The third-order valence-corrected chi connectivity index (χ3v) is 3.94. The first-order valence-corrected chi connectivity index (χ1v) is 5.88. The number of allylic oxidation sites excluding steroid dienone is 2. The van der Waals surface area contributed by atoms with Crippen molar-refractivity contribution in [2.24, 2.45) is 0 Å². The van der Waals surface area contributed by atoms with Crippen molar-refractivity contribution in [3.05, 3.63) is 23.5 Å². The van der Waals surface area contributed by atoms with Gasteiger partial charge in [-0.25, -0.2) is 0 Å². The minimum absolute atomic E-state index is 0.398. The molecule has 0 amide bonds. The highest BCUT2D eigenvalue weighted by molar-refractivity contribution is 7.58. The Kier molecular flexibility index (Phi) is 3.48. The maximum absolute atomic E-state index is 12.0. The molecule has 0 saturated heterocycles. The fourth-order valence-electron chi connectivity index (χ4n) is 1.15. The number of hydrogen-bond donors (Lipinski definition) is 0. The van der Waals surface area contributed by atoms with Crippen LogP contribution in [-0.4, -0.2) is 13.2 Å². The molecule has 4 heteroatoms. The molecular weight excluding hydrogens is 187 g/mol. The quantitative estimate of drug-likeness (QED) is 0.645. The van der Waals surface area contributed by atoms with Gasteiger partial charge in [0, 0.05) is 5.31 Å². The largest absolute Gasteiger partial charge is 0.357 e. The van der Waals surface area contributed by atoms with E-state index in [-0.39, 0.29) is 0 Å². The zero-order valence-corrected chi connectivity index (χ0v) is 8.97. The molecule has 1 rings (SSSR count). The van der Waals surface area contributed by atoms with E-state index < -0.39 is 7.60 Å². The molecule has 0 fully saturated rings. The van der Waals surface area contributed by atoms with Crippen LogP contribution < -0.4 is 0 Å². The third-order valence-electron chi connectivity index (χ3n) is 1.83. The first-order valence-electron chi connectivity index (χ1n) is 4.34. The fraction of sp³-hybridized carbons (Fsp3) is 0.556. The lowest BCUT2D eigenvalue weighted by molar-refractivity contribution is 0.221. The molecule has 1 atom stereocenters. The van der Waals surface area contributed by atoms with E-state index in [0.717, 1.165) is 5.57 Å². The Morgan fingerprint density at radius 1 is 1.77 bits per heavy atom. The van der Waals surface area contributed by atoms with Crippen molar-refractivity contribution in [2.45, 2.75) is 20.3 Å². The molecule has 0 spiro atoms. The first-order chi connectivity index (χ1) is 6.08. The Morgan fingerprint density at radius 2 is 2.46 bits per heavy atom. The van der Waals surface area contributed by atoms with Crippen LogP contribution >= 0.6 is 7.60 Å². The molecule has 0 aromatic carbocycles. The van der Waals surface area contributed by atoms with Gasteiger partial charge in [-0.15, -0.1) is 0 Å². The van der Waals surface area contributed by atoms with Gasteiger partial charge in [0.2, 0.25) is 0 Å². The van der Waals surface area contributed by atoms with E-state index in [9.17, 15) is 4.57 Å². The van der Waals surface area contributed by atoms with Crippen molar-refractivity contribution in [1.29, 1.82) is 0 Å². The summed E-state index contributed by atoms with van der Waals surface area (Å²) in [7, 11) is -2.98. The highest BCUT2D eigenvalue weighted by Crippen LogP contribution is 2.57. The molecule has 0 saturated carbocycles. The van der Waals surface area contributed by atoms with Crippen LogP contribution in [0.3, 0.4) is 0 Å². The van der Waals surface area contributed by atoms with Crippen LogP contribution in [-0.2, 0) is 13.6 Å². The summed E-state index contributed by atoms with van der Waals surface area (Å²) >= 11 is 0. The van der Waals surface area contributed by atoms with Crippen LogP contribution in [0.5, 0.6) is 0 Å². The van der Waals surface area contributed by atoms with E-state index in [2.05, 4.69) is 6.58 Å². The Balaban J connectivity index is 2.90. The Labute approximate surface area is 79.0 Å². The molecule has 0 aromatic heterocycles. The Morgan fingerprint density at radius 3 is 3.08 bits per heavy atom. The molecular formula is C9H15O3P. The van der Waals surface area contributed by atoms with Crippen molar-refractivity contribution < 1.29 is 13.6 Å². The topological polar surface area (TPSA) is 35.5 Å². The van der Waals surface area contributed by atoms with E-state index in [0.29, 0.717) is 24.9 Å². The molecule has 1 aliphatic heterocycles. The molecule has 0 aliphatic carbocycles. The predicted octanol–water partition coefficient (Wildman–Crippen LogP) is 3.10. The summed E-state index contributed by atoms with van der Waals surface area (Å²) < 4.78 is 22.3. The molecule has 1 aliphatic rings. The summed E-state index contributed by atoms with van der Waals surface area (Å²) in [5.41, 5.74) is 0.940. The first kappa shape index (κ1) is 10.7. The van der Waals surface area contributed by atoms with E-state index in [4.69, 9.17) is 9.05 Å². The SMILES string of the molecule is C=C1C=C(C)P(=O)(OCC)OCC1. The van der Waals surface area contributed by atoms with Gasteiger partial charge in [-0.2, -0.15) is 0 Å². The average Bonchev–Trinajstić information content (AvgIpc) is 2.14. The van der Waals surface area contributed by atoms with Crippen LogP contribution in [0, 0.1) is 0 Å². The molecule has 0 N–H and O–H groups in total. The third kappa shape index (κ3) is 2.53. The van der Waals surface area contributed by atoms with Gasteiger partial charge < -0.3 is 9.05 Å². The molecule has 0 radical (unpaired) electrons. The zero-order valence-electron chi connectivity index (χ0n) is 8.08. The van der Waals surface area contributed by atoms with E-state index in [1.165, 1.54) is 0 Å². The van der Waals surface area contributed by atoms with Crippen LogP contribution in [0.1, 0.15) is 20.3 Å². The van der Waals surface area contributed by atoms with Gasteiger partial charge in [0.25, 0.3) is 0 Å². The summed E-state index contributed by atoms with van der Waals surface area (Å²) in [5, 5.41) is 0.650. The molecule has 74 valence electrons. The van der Waals surface area contributed by atoms with Crippen molar-refractivity contribution in [1.82, 2.24) is 0 Å². The van der Waals surface area contributed by atoms with Gasteiger partial charge in [0.15, 0.2) is 0 Å². The van der Waals surface area contributed by atoms with Crippen LogP contribution in [0.4, 0.5) is 0 Å². The van der Waals surface area contributed by atoms with Gasteiger partial charge in [0.05, 0.1) is 13.2 Å². The Bertz CT molecular complexity index is 281. The van der Waals surface area contributed by atoms with E-state index in [1.807, 2.05) is 0 Å². The summed E-state index contributed by atoms with van der Waals surface area (Å²) in [5.74, 6) is 0. The average molecular weight is 202 g/mol. The molecule has 3 nitrogen and oxygen atoms in total. The van der Waals surface area contributed by atoms with Gasteiger partial charge >= 0.3 is 7.60 Å². The second kappa shape index (κ2) is 4.23. The molecule has 13 heavy (non-hydrogen) atoms. The smallest absolute Gasteiger partial charge is 0.306 e. The second-order valence-electron chi connectivity index (χ2n) is 2.94. The summed E-state index contributed by atoms with van der Waals surface area (Å²) in [6.45, 7) is 8.19. The standard InChI is InChI=1S/C9H15O3P/c1-4-11-13(10)9(3)7-8(2)5-6-12-13/h7H,2,4-6H2,1,3H3. The van der Waals surface area contributed by atoms with Crippen LogP contribution in [0.25, 0.3) is 0 Å². The minimum Gasteiger partial charge on any atom is -0.306 e. The normalized spacial score (nSPS) is 29.7. The fourth-order valence-corrected chi connectivity index (χ4v) is 2.65. The summed E-state index contributed by atoms with van der Waals surface area (Å²) in [4.78, 5) is 0. The lowest BCUT2D eigenvalue weighted by Gasteiger charge is -2.15. The molecule has 1 heterocycles. The van der Waals surface area contributed by atoms with Crippen molar-refractivity contribution in [3.8, 4) is 0 Å². The van der Waals surface area contributed by atoms with Gasteiger partial charge in [-0.05, 0) is 26.3 Å². The van der Waals surface area contributed by atoms with Gasteiger partial charge in [0.1, 0.15) is 0 Å². The molecule has 0 bridgehead atoms. The molecule has 1 unspecified atom stereocenters. The number of hydrogen-bond acceptors (Lipinski definition) is 3. The minimum atomic E-state index is -2.98. The maximum Gasteiger partial charge on any atom is 0.357 e. The van der Waals surface area contributed by atoms with Crippen molar-refractivity contribution in [2.75, 3.05) is 13.2 Å². The van der Waals surface area contributed by atoms with E-state index in [1.54, 1.807) is 19.9 Å². The van der Waals surface area contributed by atoms with Crippen LogP contribution in [0.15, 0.2) is 23.5 Å².